The fourth-order valence-corrected chi connectivity index (χ4v) is 3.14. The molecular weight excluding hydrogens is 342 g/mol. The molecule has 0 saturated heterocycles. The molecule has 0 aliphatic heterocycles. The predicted octanol–water partition coefficient (Wildman–Crippen LogP) is 2.89. The Morgan fingerprint density at radius 2 is 1.67 bits per heavy atom. The third kappa shape index (κ3) is 5.84. The van der Waals surface area contributed by atoms with E-state index in [4.69, 9.17) is 4.74 Å². The Hall–Kier alpha value is -2.82. The fourth-order valence-electron chi connectivity index (χ4n) is 3.14. The lowest BCUT2D eigenvalue weighted by Crippen LogP contribution is -2.40. The van der Waals surface area contributed by atoms with Gasteiger partial charge < -0.3 is 20.0 Å². The molecule has 0 aliphatic rings. The Kier molecular flexibility index (Phi) is 6.99. The van der Waals surface area contributed by atoms with E-state index in [0.29, 0.717) is 24.5 Å². The number of carboxylic acids is 1. The van der Waals surface area contributed by atoms with Gasteiger partial charge in [-0.05, 0) is 57.0 Å². The van der Waals surface area contributed by atoms with Crippen LogP contribution in [0.1, 0.15) is 30.5 Å². The number of benzene rings is 2. The van der Waals surface area contributed by atoms with E-state index in [2.05, 4.69) is 5.32 Å². The Balaban J connectivity index is 2.19. The van der Waals surface area contributed by atoms with Crippen molar-refractivity contribution in [2.45, 2.75) is 34.1 Å². The number of anilines is 1. The molecule has 0 fully saturated rings. The number of ether oxygens (including phenoxy) is 1. The van der Waals surface area contributed by atoms with Gasteiger partial charge in [-0.25, -0.2) is 0 Å². The van der Waals surface area contributed by atoms with Gasteiger partial charge in [0.1, 0.15) is 5.75 Å². The molecule has 1 amide bonds. The molecule has 0 aliphatic carbocycles. The molecule has 5 nitrogen and oxygen atoms in total. The van der Waals surface area contributed by atoms with Gasteiger partial charge in [0.05, 0.1) is 12.5 Å². The van der Waals surface area contributed by atoms with E-state index in [1.54, 1.807) is 24.3 Å². The second-order valence-electron chi connectivity index (χ2n) is 6.86. The molecule has 2 aromatic rings. The van der Waals surface area contributed by atoms with Gasteiger partial charge in [0.25, 0.3) is 0 Å². The van der Waals surface area contributed by atoms with Gasteiger partial charge in [-0.1, -0.05) is 36.2 Å². The monoisotopic (exact) mass is 368 g/mol. The predicted molar refractivity (Wildman–Crippen MR) is 104 cm³/mol. The smallest absolute Gasteiger partial charge is 0.228 e. The van der Waals surface area contributed by atoms with Crippen LogP contribution in [0.5, 0.6) is 5.75 Å². The summed E-state index contributed by atoms with van der Waals surface area (Å²) < 4.78 is 5.39. The molecule has 5 heteroatoms. The van der Waals surface area contributed by atoms with E-state index in [1.807, 2.05) is 39.0 Å². The van der Waals surface area contributed by atoms with Crippen molar-refractivity contribution >= 4 is 17.6 Å². The lowest BCUT2D eigenvalue weighted by molar-refractivity contribution is -0.312. The minimum atomic E-state index is -1.23. The number of carbonyl (C=O) groups is 2. The van der Waals surface area contributed by atoms with E-state index in [-0.39, 0.29) is 5.91 Å². The van der Waals surface area contributed by atoms with Crippen molar-refractivity contribution < 1.29 is 19.4 Å². The van der Waals surface area contributed by atoms with E-state index in [0.717, 1.165) is 16.7 Å². The molecule has 27 heavy (non-hydrogen) atoms. The molecule has 0 aromatic heterocycles. The summed E-state index contributed by atoms with van der Waals surface area (Å²) in [6, 6.07) is 13.0. The molecule has 1 N–H and O–H groups in total. The number of amides is 1. The lowest BCUT2D eigenvalue weighted by Gasteiger charge is -2.24. The zero-order chi connectivity index (χ0) is 20.0. The Morgan fingerprint density at radius 1 is 1.07 bits per heavy atom. The second-order valence-corrected chi connectivity index (χ2v) is 6.86. The summed E-state index contributed by atoms with van der Waals surface area (Å²) in [4.78, 5) is 24.2. The maximum atomic E-state index is 12.8. The largest absolute Gasteiger partial charge is 0.550 e. The minimum absolute atomic E-state index is 0.334. The van der Waals surface area contributed by atoms with Crippen LogP contribution >= 0.6 is 0 Å². The van der Waals surface area contributed by atoms with Crippen LogP contribution in [0.3, 0.4) is 0 Å². The van der Waals surface area contributed by atoms with Gasteiger partial charge in [0, 0.05) is 17.6 Å². The average Bonchev–Trinajstić information content (AvgIpc) is 2.60. The first-order valence-corrected chi connectivity index (χ1v) is 9.12. The standard InChI is InChI=1S/C22H27NO4/c1-5-27-19-8-6-18(7-9-19)23-21(24)20(16(4)22(25)26)13-17-11-14(2)10-15(3)12-17/h6-12,16,20H,5,13H2,1-4H3,(H,23,24)(H,25,26)/p-1/t16-,20+/m1/s1. The highest BCUT2D eigenvalue weighted by molar-refractivity contribution is 5.95. The van der Waals surface area contributed by atoms with Gasteiger partial charge in [-0.3, -0.25) is 4.79 Å². The van der Waals surface area contributed by atoms with E-state index in [9.17, 15) is 14.7 Å². The van der Waals surface area contributed by atoms with Crippen molar-refractivity contribution in [2.75, 3.05) is 11.9 Å². The fraction of sp³-hybridized carbons (Fsp3) is 0.364. The SMILES string of the molecule is CCOc1ccc(NC(=O)[C@@H](Cc2cc(C)cc(C)c2)[C@@H](C)C(=O)[O-])cc1. The third-order valence-corrected chi connectivity index (χ3v) is 4.48. The van der Waals surface area contributed by atoms with Crippen molar-refractivity contribution in [1.29, 1.82) is 0 Å². The number of carboxylic acid groups (broad SMARTS) is 1. The Morgan fingerprint density at radius 3 is 2.19 bits per heavy atom. The van der Waals surface area contributed by atoms with Crippen molar-refractivity contribution in [3.63, 3.8) is 0 Å². The summed E-state index contributed by atoms with van der Waals surface area (Å²) in [5, 5.41) is 14.2. The maximum absolute atomic E-state index is 12.8. The van der Waals surface area contributed by atoms with Crippen LogP contribution in [0, 0.1) is 25.7 Å². The molecule has 2 rings (SSSR count). The minimum Gasteiger partial charge on any atom is -0.550 e. The summed E-state index contributed by atoms with van der Waals surface area (Å²) in [6.07, 6.45) is 0.334. The average molecular weight is 368 g/mol. The van der Waals surface area contributed by atoms with Crippen LogP contribution in [0.15, 0.2) is 42.5 Å². The normalized spacial score (nSPS) is 12.9. The summed E-state index contributed by atoms with van der Waals surface area (Å²) in [7, 11) is 0. The maximum Gasteiger partial charge on any atom is 0.228 e. The summed E-state index contributed by atoms with van der Waals surface area (Å²) in [5.74, 6) is -2.50. The molecular formula is C22H26NO4-. The van der Waals surface area contributed by atoms with Gasteiger partial charge in [0.2, 0.25) is 5.91 Å². The number of carbonyl (C=O) groups excluding carboxylic acids is 2. The number of nitrogens with one attached hydrogen (secondary N) is 1. The molecule has 2 aromatic carbocycles. The molecule has 0 radical (unpaired) electrons. The van der Waals surface area contributed by atoms with Gasteiger partial charge >= 0.3 is 0 Å². The van der Waals surface area contributed by atoms with Crippen LogP contribution in [0.25, 0.3) is 0 Å². The highest BCUT2D eigenvalue weighted by Gasteiger charge is 2.26. The molecule has 0 spiro atoms. The molecule has 0 unspecified atom stereocenters. The van der Waals surface area contributed by atoms with E-state index >= 15 is 0 Å². The zero-order valence-corrected chi connectivity index (χ0v) is 16.2. The molecule has 0 heterocycles. The van der Waals surface area contributed by atoms with Crippen LogP contribution in [0.4, 0.5) is 5.69 Å². The molecule has 2 atom stereocenters. The number of aliphatic carboxylic acids is 1. The third-order valence-electron chi connectivity index (χ3n) is 4.48. The quantitative estimate of drug-likeness (QED) is 0.777. The van der Waals surface area contributed by atoms with Crippen LogP contribution in [-0.2, 0) is 16.0 Å². The van der Waals surface area contributed by atoms with Crippen LogP contribution in [-0.4, -0.2) is 18.5 Å². The second kappa shape index (κ2) is 9.21. The van der Waals surface area contributed by atoms with E-state index in [1.165, 1.54) is 6.92 Å². The summed E-state index contributed by atoms with van der Waals surface area (Å²) in [5.41, 5.74) is 3.69. The van der Waals surface area contributed by atoms with Gasteiger partial charge in [0.15, 0.2) is 0 Å². The molecule has 0 saturated carbocycles. The number of aryl methyl sites for hydroxylation is 2. The van der Waals surface area contributed by atoms with Gasteiger partial charge in [-0.2, -0.15) is 0 Å². The zero-order valence-electron chi connectivity index (χ0n) is 16.2. The topological polar surface area (TPSA) is 78.5 Å². The van der Waals surface area contributed by atoms with Crippen molar-refractivity contribution in [2.24, 2.45) is 11.8 Å². The van der Waals surface area contributed by atoms with Crippen molar-refractivity contribution in [3.05, 3.63) is 59.2 Å². The van der Waals surface area contributed by atoms with Crippen LogP contribution < -0.4 is 15.2 Å². The molecule has 0 bridgehead atoms. The summed E-state index contributed by atoms with van der Waals surface area (Å²) >= 11 is 0. The Bertz CT molecular complexity index is 778. The number of hydrogen-bond donors (Lipinski definition) is 1. The van der Waals surface area contributed by atoms with Gasteiger partial charge in [-0.15, -0.1) is 0 Å². The molecule has 144 valence electrons. The number of rotatable bonds is 8. The first-order valence-electron chi connectivity index (χ1n) is 9.12. The van der Waals surface area contributed by atoms with Crippen molar-refractivity contribution in [1.82, 2.24) is 0 Å². The summed E-state index contributed by atoms with van der Waals surface area (Å²) in [6.45, 7) is 7.93. The lowest BCUT2D eigenvalue weighted by atomic mass is 9.86. The number of hydrogen-bond acceptors (Lipinski definition) is 4. The Labute approximate surface area is 160 Å². The first-order chi connectivity index (χ1) is 12.8. The highest BCUT2D eigenvalue weighted by Crippen LogP contribution is 2.23. The van der Waals surface area contributed by atoms with Crippen molar-refractivity contribution in [3.8, 4) is 5.75 Å². The highest BCUT2D eigenvalue weighted by atomic mass is 16.5. The first kappa shape index (κ1) is 20.5. The van der Waals surface area contributed by atoms with Crippen LogP contribution in [0.2, 0.25) is 0 Å². The van der Waals surface area contributed by atoms with E-state index < -0.39 is 17.8 Å².